The van der Waals surface area contributed by atoms with Crippen molar-refractivity contribution >= 4 is 5.97 Å². The van der Waals surface area contributed by atoms with E-state index in [1.165, 1.54) is 0 Å². The molecule has 2 unspecified atom stereocenters. The van der Waals surface area contributed by atoms with Crippen LogP contribution < -0.4 is 4.74 Å². The first-order chi connectivity index (χ1) is 10.2. The highest BCUT2D eigenvalue weighted by molar-refractivity contribution is 5.76. The molecule has 0 radical (unpaired) electrons. The molecule has 5 nitrogen and oxygen atoms in total. The van der Waals surface area contributed by atoms with E-state index in [-0.39, 0.29) is 12.6 Å². The van der Waals surface area contributed by atoms with E-state index in [0.29, 0.717) is 17.7 Å². The van der Waals surface area contributed by atoms with Gasteiger partial charge in [0.05, 0.1) is 7.11 Å². The van der Waals surface area contributed by atoms with E-state index in [2.05, 4.69) is 0 Å². The first kappa shape index (κ1) is 15.8. The van der Waals surface area contributed by atoms with Crippen LogP contribution in [0.25, 0.3) is 0 Å². The Bertz CT molecular complexity index is 475. The number of aliphatic hydroxyl groups excluding tert-OH is 1. The molecule has 116 valence electrons. The van der Waals surface area contributed by atoms with Crippen molar-refractivity contribution in [2.24, 2.45) is 0 Å². The Balaban J connectivity index is 2.35. The van der Waals surface area contributed by atoms with Crippen LogP contribution in [0.4, 0.5) is 0 Å². The highest BCUT2D eigenvalue weighted by Gasteiger charge is 2.35. The second-order valence-corrected chi connectivity index (χ2v) is 5.38. The molecule has 0 saturated carbocycles. The molecule has 2 N–H and O–H groups in total. The van der Waals surface area contributed by atoms with E-state index in [0.717, 1.165) is 25.8 Å². The van der Waals surface area contributed by atoms with Crippen molar-refractivity contribution in [2.45, 2.75) is 37.8 Å². The number of piperidine rings is 1. The van der Waals surface area contributed by atoms with Crippen LogP contribution >= 0.6 is 0 Å². The summed E-state index contributed by atoms with van der Waals surface area (Å²) in [5.41, 5.74) is 0.678. The summed E-state index contributed by atoms with van der Waals surface area (Å²) in [6.45, 7) is 0.819. The Morgan fingerprint density at radius 1 is 1.43 bits per heavy atom. The number of benzene rings is 1. The van der Waals surface area contributed by atoms with Gasteiger partial charge in [-0.15, -0.1) is 0 Å². The minimum absolute atomic E-state index is 0.0828. The fourth-order valence-corrected chi connectivity index (χ4v) is 3.17. The Morgan fingerprint density at radius 2 is 2.19 bits per heavy atom. The zero-order valence-electron chi connectivity index (χ0n) is 12.4. The van der Waals surface area contributed by atoms with Gasteiger partial charge in [-0.25, -0.2) is 0 Å². The maximum Gasteiger partial charge on any atom is 0.325 e. The molecule has 1 aromatic carbocycles. The summed E-state index contributed by atoms with van der Waals surface area (Å²) in [4.78, 5) is 13.9. The molecular weight excluding hydrogens is 270 g/mol. The van der Waals surface area contributed by atoms with E-state index < -0.39 is 12.0 Å². The zero-order valence-corrected chi connectivity index (χ0v) is 12.4. The highest BCUT2D eigenvalue weighted by atomic mass is 16.5. The lowest BCUT2D eigenvalue weighted by Gasteiger charge is -2.39. The normalized spacial score (nSPS) is 21.0. The number of aliphatic hydroxyl groups is 1. The average Bonchev–Trinajstić information content (AvgIpc) is 2.50. The van der Waals surface area contributed by atoms with Gasteiger partial charge in [-0.1, -0.05) is 24.6 Å². The summed E-state index contributed by atoms with van der Waals surface area (Å²) in [6, 6.07) is 6.65. The fourth-order valence-electron chi connectivity index (χ4n) is 3.17. The van der Waals surface area contributed by atoms with Crippen LogP contribution in [0.3, 0.4) is 0 Å². The Kier molecular flexibility index (Phi) is 5.59. The second-order valence-electron chi connectivity index (χ2n) is 5.38. The number of likely N-dealkylation sites (tertiary alicyclic amines) is 1. The molecule has 0 aromatic heterocycles. The summed E-state index contributed by atoms with van der Waals surface area (Å²) < 4.78 is 5.32. The third kappa shape index (κ3) is 3.54. The van der Waals surface area contributed by atoms with Crippen LogP contribution in [0.1, 0.15) is 37.3 Å². The third-order valence-corrected chi connectivity index (χ3v) is 4.13. The Hall–Kier alpha value is -1.59. The lowest BCUT2D eigenvalue weighted by molar-refractivity contribution is -0.145. The maximum absolute atomic E-state index is 11.9. The molecular formula is C16H23NO4. The number of rotatable bonds is 6. The largest absolute Gasteiger partial charge is 0.496 e. The van der Waals surface area contributed by atoms with Crippen LogP contribution in [0, 0.1) is 0 Å². The third-order valence-electron chi connectivity index (χ3n) is 4.13. The molecule has 1 heterocycles. The number of para-hydroxylation sites is 1. The van der Waals surface area contributed by atoms with Crippen molar-refractivity contribution in [3.05, 3.63) is 29.8 Å². The molecule has 0 amide bonds. The van der Waals surface area contributed by atoms with Gasteiger partial charge >= 0.3 is 5.97 Å². The van der Waals surface area contributed by atoms with Crippen molar-refractivity contribution in [1.29, 1.82) is 0 Å². The molecule has 2 atom stereocenters. The minimum atomic E-state index is -0.871. The summed E-state index contributed by atoms with van der Waals surface area (Å²) in [5.74, 6) is -0.275. The molecule has 1 aromatic rings. The summed E-state index contributed by atoms with van der Waals surface area (Å²) in [5, 5.41) is 19.0. The van der Waals surface area contributed by atoms with Crippen molar-refractivity contribution < 1.29 is 19.7 Å². The number of ether oxygens (including phenoxy) is 1. The number of aliphatic carboxylic acids is 1. The maximum atomic E-state index is 11.9. The molecule has 2 rings (SSSR count). The average molecular weight is 293 g/mol. The van der Waals surface area contributed by atoms with Gasteiger partial charge in [0.2, 0.25) is 0 Å². The lowest BCUT2D eigenvalue weighted by Crippen LogP contribution is -2.45. The van der Waals surface area contributed by atoms with Crippen LogP contribution in [0.15, 0.2) is 24.3 Å². The van der Waals surface area contributed by atoms with Gasteiger partial charge in [-0.3, -0.25) is 9.69 Å². The molecule has 1 fully saturated rings. The number of hydrogen-bond acceptors (Lipinski definition) is 4. The van der Waals surface area contributed by atoms with Crippen molar-refractivity contribution in [2.75, 3.05) is 20.3 Å². The van der Waals surface area contributed by atoms with E-state index in [4.69, 9.17) is 4.74 Å². The van der Waals surface area contributed by atoms with Crippen molar-refractivity contribution in [3.63, 3.8) is 0 Å². The Morgan fingerprint density at radius 3 is 2.86 bits per heavy atom. The van der Waals surface area contributed by atoms with Gasteiger partial charge in [0.15, 0.2) is 0 Å². The molecule has 5 heteroatoms. The van der Waals surface area contributed by atoms with Crippen LogP contribution in [-0.2, 0) is 4.79 Å². The predicted octanol–water partition coefficient (Wildman–Crippen LogP) is 2.06. The number of carbonyl (C=O) groups is 1. The summed E-state index contributed by atoms with van der Waals surface area (Å²) >= 11 is 0. The fraction of sp³-hybridized carbons (Fsp3) is 0.562. The number of methoxy groups -OCH3 is 1. The van der Waals surface area contributed by atoms with Gasteiger partial charge < -0.3 is 14.9 Å². The molecule has 1 saturated heterocycles. The zero-order chi connectivity index (χ0) is 15.2. The first-order valence-corrected chi connectivity index (χ1v) is 7.41. The Labute approximate surface area is 125 Å². The topological polar surface area (TPSA) is 70.0 Å². The number of hydrogen-bond donors (Lipinski definition) is 2. The van der Waals surface area contributed by atoms with E-state index in [1.54, 1.807) is 13.2 Å². The summed E-state index contributed by atoms with van der Waals surface area (Å²) in [6.07, 6.45) is 3.61. The molecule has 1 aliphatic heterocycles. The summed E-state index contributed by atoms with van der Waals surface area (Å²) in [7, 11) is 1.55. The molecule has 0 bridgehead atoms. The standard InChI is InChI=1S/C16H23NO4/c1-21-14-8-3-2-7-13(14)15(16(19)20)17-10-5-4-6-12(17)9-11-18/h2-3,7-8,12,15,18H,4-6,9-11H2,1H3,(H,19,20). The quantitative estimate of drug-likeness (QED) is 0.840. The van der Waals surface area contributed by atoms with E-state index >= 15 is 0 Å². The van der Waals surface area contributed by atoms with E-state index in [1.807, 2.05) is 23.1 Å². The smallest absolute Gasteiger partial charge is 0.325 e. The second kappa shape index (κ2) is 7.43. The van der Waals surface area contributed by atoms with Crippen LogP contribution in [0.2, 0.25) is 0 Å². The lowest BCUT2D eigenvalue weighted by atomic mass is 9.94. The van der Waals surface area contributed by atoms with E-state index in [9.17, 15) is 15.0 Å². The number of carboxylic acid groups (broad SMARTS) is 1. The molecule has 0 aliphatic carbocycles. The molecule has 1 aliphatic rings. The monoisotopic (exact) mass is 293 g/mol. The highest BCUT2D eigenvalue weighted by Crippen LogP contribution is 2.34. The molecule has 21 heavy (non-hydrogen) atoms. The number of carboxylic acids is 1. The minimum Gasteiger partial charge on any atom is -0.496 e. The van der Waals surface area contributed by atoms with Gasteiger partial charge in [-0.2, -0.15) is 0 Å². The SMILES string of the molecule is COc1ccccc1C(C(=O)O)N1CCCCC1CCO. The first-order valence-electron chi connectivity index (χ1n) is 7.41. The van der Waals surface area contributed by atoms with Gasteiger partial charge in [0.1, 0.15) is 11.8 Å². The van der Waals surface area contributed by atoms with Crippen LogP contribution in [-0.4, -0.2) is 47.4 Å². The predicted molar refractivity (Wildman–Crippen MR) is 79.4 cm³/mol. The van der Waals surface area contributed by atoms with Gasteiger partial charge in [0, 0.05) is 18.2 Å². The van der Waals surface area contributed by atoms with Crippen LogP contribution in [0.5, 0.6) is 5.75 Å². The van der Waals surface area contributed by atoms with Gasteiger partial charge in [-0.05, 0) is 31.9 Å². The number of nitrogens with zero attached hydrogens (tertiary/aromatic N) is 1. The van der Waals surface area contributed by atoms with Gasteiger partial charge in [0.25, 0.3) is 0 Å². The van der Waals surface area contributed by atoms with Crippen molar-refractivity contribution in [1.82, 2.24) is 4.90 Å². The van der Waals surface area contributed by atoms with Crippen molar-refractivity contribution in [3.8, 4) is 5.75 Å². The molecule has 0 spiro atoms.